The van der Waals surface area contributed by atoms with Gasteiger partial charge in [0.15, 0.2) is 28.8 Å². The van der Waals surface area contributed by atoms with Gasteiger partial charge in [-0.1, -0.05) is 12.1 Å². The number of benzene rings is 1. The number of sulfonamides is 1. The van der Waals surface area contributed by atoms with Crippen LogP contribution in [0.1, 0.15) is 5.56 Å². The predicted molar refractivity (Wildman–Crippen MR) is 65.0 cm³/mol. The fourth-order valence-corrected chi connectivity index (χ4v) is 2.49. The normalized spacial score (nSPS) is 10.7. The number of halogens is 1. The molecule has 15 heavy (non-hydrogen) atoms. The van der Waals surface area contributed by atoms with Gasteiger partial charge < -0.3 is 3.07 Å². The Labute approximate surface area is 103 Å². The second-order valence-electron chi connectivity index (χ2n) is 2.75. The Morgan fingerprint density at radius 3 is 2.67 bits per heavy atom. The summed E-state index contributed by atoms with van der Waals surface area (Å²) in [6.45, 7) is 0. The molecule has 0 aliphatic heterocycles. The van der Waals surface area contributed by atoms with Crippen LogP contribution in [0, 0.1) is 12.3 Å². The van der Waals surface area contributed by atoms with Crippen LogP contribution in [0.4, 0.5) is 0 Å². The molecule has 0 radical (unpaired) electrons. The Morgan fingerprint density at radius 1 is 1.53 bits per heavy atom. The highest BCUT2D eigenvalue weighted by atomic mass is 127. The first-order chi connectivity index (χ1) is 7.00. The molecule has 0 saturated heterocycles. The lowest BCUT2D eigenvalue weighted by Crippen LogP contribution is -2.13. The number of primary sulfonamides is 1. The number of rotatable bonds is 3. The first kappa shape index (κ1) is 12.3. The van der Waals surface area contributed by atoms with Crippen LogP contribution in [0.5, 0.6) is 5.75 Å². The SMILES string of the molecule is C#CCc1cccc(S(N)(=O)=O)c1OI. The van der Waals surface area contributed by atoms with Crippen LogP contribution >= 0.6 is 23.0 Å². The molecule has 0 unspecified atom stereocenters. The maximum atomic E-state index is 11.2. The van der Waals surface area contributed by atoms with E-state index in [-0.39, 0.29) is 10.6 Å². The second-order valence-corrected chi connectivity index (χ2v) is 4.72. The minimum atomic E-state index is -3.78. The summed E-state index contributed by atoms with van der Waals surface area (Å²) in [5.41, 5.74) is 0.624. The molecule has 2 N–H and O–H groups in total. The zero-order valence-electron chi connectivity index (χ0n) is 7.60. The summed E-state index contributed by atoms with van der Waals surface area (Å²) >= 11 is 1.60. The minimum Gasteiger partial charge on any atom is -0.426 e. The summed E-state index contributed by atoms with van der Waals surface area (Å²) in [6.07, 6.45) is 5.45. The van der Waals surface area contributed by atoms with Crippen molar-refractivity contribution < 1.29 is 11.5 Å². The van der Waals surface area contributed by atoms with Crippen molar-refractivity contribution in [3.63, 3.8) is 0 Å². The van der Waals surface area contributed by atoms with Crippen molar-refractivity contribution in [1.29, 1.82) is 0 Å². The summed E-state index contributed by atoms with van der Waals surface area (Å²) < 4.78 is 27.4. The first-order valence-corrected chi connectivity index (χ1v) is 6.30. The van der Waals surface area contributed by atoms with Crippen molar-refractivity contribution in [2.24, 2.45) is 5.14 Å². The lowest BCUT2D eigenvalue weighted by atomic mass is 10.1. The molecule has 0 heterocycles. The summed E-state index contributed by atoms with van der Waals surface area (Å²) in [7, 11) is -3.78. The average Bonchev–Trinajstić information content (AvgIpc) is 2.16. The van der Waals surface area contributed by atoms with Crippen LogP contribution in [0.25, 0.3) is 0 Å². The van der Waals surface area contributed by atoms with Crippen LogP contribution < -0.4 is 8.21 Å². The summed E-state index contributed by atoms with van der Waals surface area (Å²) in [5.74, 6) is 2.63. The third kappa shape index (κ3) is 2.84. The molecule has 80 valence electrons. The molecule has 1 aromatic carbocycles. The monoisotopic (exact) mass is 337 g/mol. The number of hydrogen-bond acceptors (Lipinski definition) is 3. The predicted octanol–water partition coefficient (Wildman–Crippen LogP) is 1.24. The fourth-order valence-electron chi connectivity index (χ4n) is 1.12. The highest BCUT2D eigenvalue weighted by molar-refractivity contribution is 14.1. The third-order valence-electron chi connectivity index (χ3n) is 1.74. The fraction of sp³-hybridized carbons (Fsp3) is 0.111. The van der Waals surface area contributed by atoms with Gasteiger partial charge in [-0.05, 0) is 6.07 Å². The highest BCUT2D eigenvalue weighted by Gasteiger charge is 2.17. The number of para-hydroxylation sites is 1. The number of nitrogens with two attached hydrogens (primary N) is 1. The maximum Gasteiger partial charge on any atom is 0.241 e. The van der Waals surface area contributed by atoms with Crippen LogP contribution in [-0.4, -0.2) is 8.42 Å². The molecule has 0 saturated carbocycles. The van der Waals surface area contributed by atoms with Gasteiger partial charge in [-0.25, -0.2) is 13.6 Å². The van der Waals surface area contributed by atoms with Gasteiger partial charge in [0.05, 0.1) is 0 Å². The molecule has 1 aromatic rings. The lowest BCUT2D eigenvalue weighted by molar-refractivity contribution is 0.591. The van der Waals surface area contributed by atoms with E-state index in [2.05, 4.69) is 5.92 Å². The van der Waals surface area contributed by atoms with Gasteiger partial charge in [0.2, 0.25) is 10.0 Å². The van der Waals surface area contributed by atoms with Gasteiger partial charge in [-0.3, -0.25) is 0 Å². The summed E-state index contributed by atoms with van der Waals surface area (Å²) in [5, 5.41) is 5.04. The molecule has 0 aliphatic rings. The van der Waals surface area contributed by atoms with E-state index in [4.69, 9.17) is 14.6 Å². The Bertz CT molecular complexity index is 505. The van der Waals surface area contributed by atoms with Crippen LogP contribution in [0.2, 0.25) is 0 Å². The Hall–Kier alpha value is -0.780. The second kappa shape index (κ2) is 4.83. The molecular formula is C9H8INO3S. The van der Waals surface area contributed by atoms with E-state index in [1.165, 1.54) is 6.07 Å². The largest absolute Gasteiger partial charge is 0.426 e. The van der Waals surface area contributed by atoms with E-state index in [9.17, 15) is 8.42 Å². The van der Waals surface area contributed by atoms with E-state index >= 15 is 0 Å². The molecule has 0 fully saturated rings. The van der Waals surface area contributed by atoms with Crippen LogP contribution in [-0.2, 0) is 16.4 Å². The molecule has 0 spiro atoms. The Morgan fingerprint density at radius 2 is 2.20 bits per heavy atom. The van der Waals surface area contributed by atoms with Crippen molar-refractivity contribution >= 4 is 33.0 Å². The maximum absolute atomic E-state index is 11.2. The topological polar surface area (TPSA) is 69.4 Å². The number of hydrogen-bond donors (Lipinski definition) is 1. The smallest absolute Gasteiger partial charge is 0.241 e. The van der Waals surface area contributed by atoms with E-state index in [1.54, 1.807) is 35.1 Å². The van der Waals surface area contributed by atoms with Crippen molar-refractivity contribution in [2.45, 2.75) is 11.3 Å². The Balaban J connectivity index is 3.43. The van der Waals surface area contributed by atoms with E-state index in [1.807, 2.05) is 0 Å². The van der Waals surface area contributed by atoms with Gasteiger partial charge in [0, 0.05) is 12.0 Å². The zero-order chi connectivity index (χ0) is 11.5. The van der Waals surface area contributed by atoms with Gasteiger partial charge in [-0.2, -0.15) is 0 Å². The van der Waals surface area contributed by atoms with Crippen LogP contribution in [0.3, 0.4) is 0 Å². The average molecular weight is 337 g/mol. The van der Waals surface area contributed by atoms with E-state index in [0.717, 1.165) is 0 Å². The van der Waals surface area contributed by atoms with Crippen molar-refractivity contribution in [2.75, 3.05) is 0 Å². The van der Waals surface area contributed by atoms with Crippen molar-refractivity contribution in [3.05, 3.63) is 23.8 Å². The summed E-state index contributed by atoms with van der Waals surface area (Å²) in [4.78, 5) is -0.0512. The molecule has 4 nitrogen and oxygen atoms in total. The third-order valence-corrected chi connectivity index (χ3v) is 3.11. The molecule has 0 aromatic heterocycles. The lowest BCUT2D eigenvalue weighted by Gasteiger charge is -2.08. The minimum absolute atomic E-state index is 0.0512. The molecular weight excluding hydrogens is 329 g/mol. The molecule has 0 bridgehead atoms. The van der Waals surface area contributed by atoms with Gasteiger partial charge in [0.25, 0.3) is 0 Å². The molecule has 0 amide bonds. The quantitative estimate of drug-likeness (QED) is 0.666. The zero-order valence-corrected chi connectivity index (χ0v) is 10.6. The highest BCUT2D eigenvalue weighted by Crippen LogP contribution is 2.29. The molecule has 6 heteroatoms. The first-order valence-electron chi connectivity index (χ1n) is 3.87. The van der Waals surface area contributed by atoms with Crippen molar-refractivity contribution in [3.8, 4) is 18.1 Å². The Kier molecular flexibility index (Phi) is 3.96. The molecule has 0 atom stereocenters. The van der Waals surface area contributed by atoms with Crippen molar-refractivity contribution in [1.82, 2.24) is 0 Å². The molecule has 0 aliphatic carbocycles. The van der Waals surface area contributed by atoms with Gasteiger partial charge >= 0.3 is 0 Å². The standard InChI is InChI=1S/C9H8INO3S/c1-2-4-7-5-3-6-8(9(7)14-10)15(11,12)13/h1,3,5-6H,4H2,(H2,11,12,13). The van der Waals surface area contributed by atoms with E-state index in [0.29, 0.717) is 12.0 Å². The van der Waals surface area contributed by atoms with E-state index < -0.39 is 10.0 Å². The number of terminal acetylenes is 1. The molecule has 1 rings (SSSR count). The summed E-state index contributed by atoms with van der Waals surface area (Å²) in [6, 6.07) is 4.65. The van der Waals surface area contributed by atoms with Gasteiger partial charge in [-0.15, -0.1) is 12.3 Å². The van der Waals surface area contributed by atoms with Crippen LogP contribution in [0.15, 0.2) is 23.1 Å². The van der Waals surface area contributed by atoms with Gasteiger partial charge in [0.1, 0.15) is 4.90 Å².